The first kappa shape index (κ1) is 23.5. The summed E-state index contributed by atoms with van der Waals surface area (Å²) >= 11 is 0. The van der Waals surface area contributed by atoms with Crippen LogP contribution < -0.4 is 5.32 Å². The van der Waals surface area contributed by atoms with E-state index in [1.807, 2.05) is 6.92 Å². The lowest BCUT2D eigenvalue weighted by molar-refractivity contribution is 0.0311. The molecule has 4 rings (SSSR count). The van der Waals surface area contributed by atoms with Crippen molar-refractivity contribution >= 4 is 34.9 Å². The molecule has 3 aromatic heterocycles. The number of rotatable bonds is 8. The maximum absolute atomic E-state index is 12.8. The first-order valence-electron chi connectivity index (χ1n) is 11.1. The van der Waals surface area contributed by atoms with Gasteiger partial charge in [0.1, 0.15) is 11.3 Å². The van der Waals surface area contributed by atoms with Crippen molar-refractivity contribution in [2.45, 2.75) is 26.8 Å². The molecule has 12 nitrogen and oxygen atoms in total. The molecular formula is C22H26N4O8. The average Bonchev–Trinajstić information content (AvgIpc) is 3.55. The Morgan fingerprint density at radius 1 is 1.09 bits per heavy atom. The third kappa shape index (κ3) is 5.13. The zero-order valence-corrected chi connectivity index (χ0v) is 19.0. The molecule has 0 spiro atoms. The summed E-state index contributed by atoms with van der Waals surface area (Å²) in [6.45, 7) is 7.28. The molecule has 3 aromatic rings. The summed E-state index contributed by atoms with van der Waals surface area (Å²) < 4.78 is 27.6. The Bertz CT molecular complexity index is 1170. The minimum Gasteiger partial charge on any atom is -0.460 e. The molecule has 0 bridgehead atoms. The van der Waals surface area contributed by atoms with Crippen molar-refractivity contribution in [2.24, 2.45) is 0 Å². The van der Waals surface area contributed by atoms with E-state index in [0.717, 1.165) is 17.8 Å². The van der Waals surface area contributed by atoms with Gasteiger partial charge in [-0.25, -0.2) is 9.59 Å². The van der Waals surface area contributed by atoms with Gasteiger partial charge in [0.2, 0.25) is 5.76 Å². The number of hydrogen-bond donors (Lipinski definition) is 1. The lowest BCUT2D eigenvalue weighted by atomic mass is 10.3. The third-order valence-electron chi connectivity index (χ3n) is 5.04. The summed E-state index contributed by atoms with van der Waals surface area (Å²) in [6.07, 6.45) is -0.145. The minimum absolute atomic E-state index is 0.0324. The van der Waals surface area contributed by atoms with E-state index in [4.69, 9.17) is 23.0 Å². The van der Waals surface area contributed by atoms with Gasteiger partial charge in [-0.1, -0.05) is 6.92 Å². The fraction of sp³-hybridized carbons (Fsp3) is 0.455. The monoisotopic (exact) mass is 474 g/mol. The van der Waals surface area contributed by atoms with Crippen molar-refractivity contribution in [1.29, 1.82) is 0 Å². The number of morpholine rings is 1. The molecule has 1 fully saturated rings. The summed E-state index contributed by atoms with van der Waals surface area (Å²) in [6, 6.07) is 4.60. The summed E-state index contributed by atoms with van der Waals surface area (Å²) in [7, 11) is 0. The number of aromatic nitrogens is 2. The van der Waals surface area contributed by atoms with E-state index in [1.54, 1.807) is 19.1 Å². The third-order valence-corrected chi connectivity index (χ3v) is 5.04. The van der Waals surface area contributed by atoms with E-state index in [-0.39, 0.29) is 41.7 Å². The molecule has 12 heteroatoms. The van der Waals surface area contributed by atoms with E-state index >= 15 is 0 Å². The quantitative estimate of drug-likeness (QED) is 0.485. The van der Waals surface area contributed by atoms with Crippen LogP contribution in [0.5, 0.6) is 0 Å². The van der Waals surface area contributed by atoms with E-state index in [1.165, 1.54) is 6.07 Å². The van der Waals surface area contributed by atoms with Crippen molar-refractivity contribution in [3.05, 3.63) is 35.5 Å². The second-order valence-electron chi connectivity index (χ2n) is 7.53. The zero-order chi connectivity index (χ0) is 24.1. The number of anilines is 1. The number of nitrogens with one attached hydrogen (secondary N) is 1. The fourth-order valence-corrected chi connectivity index (χ4v) is 3.41. The lowest BCUT2D eigenvalue weighted by Gasteiger charge is -2.25. The van der Waals surface area contributed by atoms with Crippen LogP contribution in [0, 0.1) is 0 Å². The molecule has 1 amide bonds. The normalized spacial score (nSPS) is 14.3. The predicted molar refractivity (Wildman–Crippen MR) is 118 cm³/mol. The highest BCUT2D eigenvalue weighted by molar-refractivity contribution is 6.07. The van der Waals surface area contributed by atoms with Crippen LogP contribution in [-0.2, 0) is 20.8 Å². The van der Waals surface area contributed by atoms with Crippen LogP contribution in [0.15, 0.2) is 27.0 Å². The van der Waals surface area contributed by atoms with Crippen LogP contribution >= 0.6 is 0 Å². The summed E-state index contributed by atoms with van der Waals surface area (Å²) in [4.78, 5) is 39.5. The van der Waals surface area contributed by atoms with Crippen LogP contribution in [-0.4, -0.2) is 72.2 Å². The standard InChI is InChI=1S/C22H26N4O8/c1-3-9-32-21(28)17-12-15-18(34-17)19(24-26(15)22(29)31-4-2)23-20(27)16-6-5-14(33-16)13-25-7-10-30-11-8-25/h5-6,12H,3-4,7-11,13H2,1-2H3,(H,23,24,27). The predicted octanol–water partition coefficient (Wildman–Crippen LogP) is 2.88. The van der Waals surface area contributed by atoms with E-state index in [9.17, 15) is 14.4 Å². The van der Waals surface area contributed by atoms with Gasteiger partial charge in [-0.05, 0) is 25.5 Å². The van der Waals surface area contributed by atoms with Crippen LogP contribution in [0.2, 0.25) is 0 Å². The number of nitrogens with zero attached hydrogens (tertiary/aromatic N) is 3. The molecule has 4 heterocycles. The molecule has 0 saturated carbocycles. The highest BCUT2D eigenvalue weighted by Crippen LogP contribution is 2.28. The van der Waals surface area contributed by atoms with E-state index in [2.05, 4.69) is 15.3 Å². The molecular weight excluding hydrogens is 448 g/mol. The first-order chi connectivity index (χ1) is 16.5. The Balaban J connectivity index is 1.55. The van der Waals surface area contributed by atoms with Crippen molar-refractivity contribution in [3.63, 3.8) is 0 Å². The molecule has 1 aliphatic rings. The Morgan fingerprint density at radius 3 is 2.62 bits per heavy atom. The van der Waals surface area contributed by atoms with Gasteiger partial charge in [-0.15, -0.1) is 5.10 Å². The van der Waals surface area contributed by atoms with Gasteiger partial charge < -0.3 is 23.0 Å². The van der Waals surface area contributed by atoms with Crippen LogP contribution in [0.25, 0.3) is 11.1 Å². The largest absolute Gasteiger partial charge is 0.460 e. The minimum atomic E-state index is -0.784. The number of esters is 1. The van der Waals surface area contributed by atoms with E-state index < -0.39 is 18.0 Å². The lowest BCUT2D eigenvalue weighted by Crippen LogP contribution is -2.35. The molecule has 34 heavy (non-hydrogen) atoms. The zero-order valence-electron chi connectivity index (χ0n) is 19.0. The molecule has 0 unspecified atom stereocenters. The van der Waals surface area contributed by atoms with Crippen molar-refractivity contribution in [1.82, 2.24) is 14.7 Å². The number of furan rings is 2. The van der Waals surface area contributed by atoms with Gasteiger partial charge >= 0.3 is 12.1 Å². The van der Waals surface area contributed by atoms with Crippen molar-refractivity contribution in [2.75, 3.05) is 44.8 Å². The number of ether oxygens (including phenoxy) is 3. The SMILES string of the molecule is CCCOC(=O)c1cc2c(o1)c(NC(=O)c1ccc(CN3CCOCC3)o1)nn2C(=O)OCC. The van der Waals surface area contributed by atoms with Gasteiger partial charge in [-0.3, -0.25) is 15.0 Å². The second-order valence-corrected chi connectivity index (χ2v) is 7.53. The smallest absolute Gasteiger partial charge is 0.435 e. The second kappa shape index (κ2) is 10.5. The molecule has 1 saturated heterocycles. The topological polar surface area (TPSA) is 138 Å². The maximum atomic E-state index is 12.8. The van der Waals surface area contributed by atoms with Crippen LogP contribution in [0.4, 0.5) is 10.6 Å². The average molecular weight is 474 g/mol. The Morgan fingerprint density at radius 2 is 1.88 bits per heavy atom. The summed E-state index contributed by atoms with van der Waals surface area (Å²) in [5, 5.41) is 6.68. The Hall–Kier alpha value is -3.64. The first-order valence-corrected chi connectivity index (χ1v) is 11.1. The van der Waals surface area contributed by atoms with Gasteiger partial charge in [0.05, 0.1) is 33.0 Å². The number of fused-ring (bicyclic) bond motifs is 1. The molecule has 0 atom stereocenters. The molecule has 1 N–H and O–H groups in total. The molecule has 182 valence electrons. The van der Waals surface area contributed by atoms with Gasteiger partial charge in [0, 0.05) is 19.2 Å². The van der Waals surface area contributed by atoms with Gasteiger partial charge in [-0.2, -0.15) is 4.68 Å². The Labute approximate surface area is 194 Å². The number of carbonyl (C=O) groups is 3. The maximum Gasteiger partial charge on any atom is 0.435 e. The fourth-order valence-electron chi connectivity index (χ4n) is 3.41. The number of hydrogen-bond acceptors (Lipinski definition) is 10. The highest BCUT2D eigenvalue weighted by atomic mass is 16.6. The molecule has 0 radical (unpaired) electrons. The number of amides is 1. The van der Waals surface area contributed by atoms with Gasteiger partial charge in [0.15, 0.2) is 17.2 Å². The highest BCUT2D eigenvalue weighted by Gasteiger charge is 2.26. The molecule has 0 aromatic carbocycles. The molecule has 0 aliphatic carbocycles. The van der Waals surface area contributed by atoms with Crippen LogP contribution in [0.3, 0.4) is 0 Å². The van der Waals surface area contributed by atoms with Gasteiger partial charge in [0.25, 0.3) is 5.91 Å². The Kier molecular flexibility index (Phi) is 7.28. The number of carbonyl (C=O) groups excluding carboxylic acids is 3. The molecule has 1 aliphatic heterocycles. The summed E-state index contributed by atoms with van der Waals surface area (Å²) in [5.41, 5.74) is 0.189. The van der Waals surface area contributed by atoms with Crippen molar-refractivity contribution in [3.8, 4) is 0 Å². The van der Waals surface area contributed by atoms with E-state index in [0.29, 0.717) is 31.9 Å². The van der Waals surface area contributed by atoms with Crippen LogP contribution in [0.1, 0.15) is 47.1 Å². The van der Waals surface area contributed by atoms with Crippen molar-refractivity contribution < 1.29 is 37.4 Å². The summed E-state index contributed by atoms with van der Waals surface area (Å²) in [5.74, 6) is -0.766.